The van der Waals surface area contributed by atoms with Crippen LogP contribution in [0.2, 0.25) is 0 Å². The standard InChI is InChI=1S/C29H33N5O6.C24H25N5O4/c1-29(2,3)40-28(37)30-12-6-7-22(35)17-8-10-20-21(13-17)33-25(36)14-18-16-31-27(34-26(18)20)32-19-9-11-23(38-4)24(15-19)39-5;1-32-20-8-6-16(12-21(20)33-2)27-24-26-13-15-11-22(31)28-18-10-14(19(30)4-3-9-25)5-7-17(18)23(15)29-24/h8-11,13,15-16H,6-7,12,14H2,1-5H3,(H,30,37)(H,33,36)(H,31,32,34);5-8,10,12-13H,3-4,9,11,25H2,1-2H3,(H,28,31)(H,26,27,29). The molecular formula is C53H58N10O10. The molecule has 0 unspecified atom stereocenters. The fourth-order valence-corrected chi connectivity index (χ4v) is 7.84. The van der Waals surface area contributed by atoms with Crippen molar-refractivity contribution in [2.75, 3.05) is 62.8 Å². The molecule has 2 aromatic heterocycles. The Labute approximate surface area is 422 Å². The number of fused-ring (bicyclic) bond motifs is 6. The monoisotopic (exact) mass is 994 g/mol. The third-order valence-electron chi connectivity index (χ3n) is 11.3. The smallest absolute Gasteiger partial charge is 0.407 e. The molecule has 0 saturated carbocycles. The van der Waals surface area contributed by atoms with Gasteiger partial charge in [-0.1, -0.05) is 12.1 Å². The number of amides is 3. The maximum absolute atomic E-state index is 12.9. The second kappa shape index (κ2) is 23.5. The Balaban J connectivity index is 0.000000218. The summed E-state index contributed by atoms with van der Waals surface area (Å²) in [6.07, 6.45) is 4.62. The van der Waals surface area contributed by atoms with Gasteiger partial charge < -0.3 is 56.0 Å². The van der Waals surface area contributed by atoms with Gasteiger partial charge in [0.05, 0.1) is 64.0 Å². The molecule has 0 atom stereocenters. The van der Waals surface area contributed by atoms with E-state index in [0.29, 0.717) is 124 Å². The Morgan fingerprint density at radius 1 is 0.616 bits per heavy atom. The summed E-state index contributed by atoms with van der Waals surface area (Å²) in [7, 11) is 6.26. The Morgan fingerprint density at radius 2 is 1.07 bits per heavy atom. The van der Waals surface area contributed by atoms with E-state index in [0.717, 1.165) is 11.3 Å². The minimum absolute atomic E-state index is 0.0135. The van der Waals surface area contributed by atoms with Crippen LogP contribution in [0.5, 0.6) is 23.0 Å². The molecule has 0 bridgehead atoms. The van der Waals surface area contributed by atoms with Gasteiger partial charge in [0.1, 0.15) is 5.60 Å². The number of nitrogens with one attached hydrogen (secondary N) is 5. The number of alkyl carbamates (subject to hydrolysis) is 1. The first-order chi connectivity index (χ1) is 35.1. The van der Waals surface area contributed by atoms with Crippen molar-refractivity contribution in [3.63, 3.8) is 0 Å². The molecule has 3 amide bonds. The van der Waals surface area contributed by atoms with Crippen LogP contribution in [0.15, 0.2) is 85.2 Å². The highest BCUT2D eigenvalue weighted by Crippen LogP contribution is 2.37. The van der Waals surface area contributed by atoms with Gasteiger partial charge in [0.15, 0.2) is 34.6 Å². The van der Waals surface area contributed by atoms with Gasteiger partial charge >= 0.3 is 6.09 Å². The molecule has 0 fully saturated rings. The lowest BCUT2D eigenvalue weighted by molar-refractivity contribution is -0.116. The van der Waals surface area contributed by atoms with E-state index in [2.05, 4.69) is 41.5 Å². The zero-order valence-electron chi connectivity index (χ0n) is 41.7. The van der Waals surface area contributed by atoms with Crippen LogP contribution in [0.1, 0.15) is 78.3 Å². The molecule has 7 N–H and O–H groups in total. The van der Waals surface area contributed by atoms with Crippen LogP contribution in [0, 0.1) is 0 Å². The predicted molar refractivity (Wildman–Crippen MR) is 276 cm³/mol. The molecule has 0 aliphatic carbocycles. The largest absolute Gasteiger partial charge is 0.493 e. The topological polar surface area (TPSA) is 269 Å². The number of Topliss-reactive ketones (excluding diaryl/α,β-unsaturated/α-hetero) is 2. The van der Waals surface area contributed by atoms with E-state index in [1.54, 1.807) is 116 Å². The summed E-state index contributed by atoms with van der Waals surface area (Å²) in [4.78, 5) is 80.3. The Bertz CT molecular complexity index is 3050. The average Bonchev–Trinajstić information content (AvgIpc) is 3.60. The molecular weight excluding hydrogens is 937 g/mol. The minimum atomic E-state index is -0.588. The number of carbonyl (C=O) groups excluding carboxylic acids is 5. The van der Waals surface area contributed by atoms with Crippen molar-refractivity contribution in [3.05, 3.63) is 107 Å². The van der Waals surface area contributed by atoms with E-state index in [9.17, 15) is 24.0 Å². The molecule has 20 heteroatoms. The summed E-state index contributed by atoms with van der Waals surface area (Å²) >= 11 is 0. The first-order valence-electron chi connectivity index (χ1n) is 23.4. The number of methoxy groups -OCH3 is 4. The number of benzene rings is 4. The molecule has 4 heterocycles. The molecule has 73 heavy (non-hydrogen) atoms. The van der Waals surface area contributed by atoms with Crippen molar-refractivity contribution in [2.24, 2.45) is 5.73 Å². The number of nitrogens with zero attached hydrogens (tertiary/aromatic N) is 4. The fraction of sp³-hybridized carbons (Fsp3) is 0.302. The first kappa shape index (κ1) is 52.2. The summed E-state index contributed by atoms with van der Waals surface area (Å²) in [6.45, 7) is 6.12. The van der Waals surface area contributed by atoms with Gasteiger partial charge in [0.2, 0.25) is 23.7 Å². The zero-order valence-corrected chi connectivity index (χ0v) is 41.7. The molecule has 4 aromatic carbocycles. The molecule has 8 rings (SSSR count). The Kier molecular flexibility index (Phi) is 16.8. The third kappa shape index (κ3) is 13.4. The lowest BCUT2D eigenvalue weighted by Crippen LogP contribution is -2.33. The quantitative estimate of drug-likeness (QED) is 0.0371. The Morgan fingerprint density at radius 3 is 1.49 bits per heavy atom. The zero-order chi connectivity index (χ0) is 52.2. The molecule has 0 spiro atoms. The van der Waals surface area contributed by atoms with Crippen LogP contribution in [0.25, 0.3) is 22.5 Å². The van der Waals surface area contributed by atoms with Crippen molar-refractivity contribution in [3.8, 4) is 45.5 Å². The van der Waals surface area contributed by atoms with E-state index in [-0.39, 0.29) is 42.6 Å². The van der Waals surface area contributed by atoms with Gasteiger partial charge in [0, 0.05) is 88.7 Å². The number of carbonyl (C=O) groups is 5. The first-order valence-corrected chi connectivity index (χ1v) is 23.4. The summed E-state index contributed by atoms with van der Waals surface area (Å²) in [5.41, 5.74) is 12.4. The number of rotatable bonds is 17. The van der Waals surface area contributed by atoms with Gasteiger partial charge in [0.25, 0.3) is 0 Å². The van der Waals surface area contributed by atoms with E-state index in [1.165, 1.54) is 0 Å². The molecule has 380 valence electrons. The number of ether oxygens (including phenoxy) is 5. The highest BCUT2D eigenvalue weighted by Gasteiger charge is 2.25. The number of hydrogen-bond donors (Lipinski definition) is 6. The van der Waals surface area contributed by atoms with Crippen molar-refractivity contribution in [2.45, 2.75) is 64.9 Å². The lowest BCUT2D eigenvalue weighted by Gasteiger charge is -2.19. The normalized spacial score (nSPS) is 12.2. The van der Waals surface area contributed by atoms with Crippen LogP contribution < -0.4 is 51.3 Å². The van der Waals surface area contributed by atoms with E-state index in [1.807, 2.05) is 18.2 Å². The molecule has 2 aliphatic rings. The minimum Gasteiger partial charge on any atom is -0.493 e. The highest BCUT2D eigenvalue weighted by molar-refractivity contribution is 6.05. The molecule has 0 saturated heterocycles. The van der Waals surface area contributed by atoms with E-state index < -0.39 is 11.7 Å². The maximum atomic E-state index is 12.9. The van der Waals surface area contributed by atoms with Crippen molar-refractivity contribution >= 4 is 64.1 Å². The van der Waals surface area contributed by atoms with Crippen molar-refractivity contribution in [1.29, 1.82) is 0 Å². The molecule has 6 aromatic rings. The van der Waals surface area contributed by atoms with E-state index in [4.69, 9.17) is 34.4 Å². The average molecular weight is 995 g/mol. The van der Waals surface area contributed by atoms with Crippen LogP contribution in [0.3, 0.4) is 0 Å². The van der Waals surface area contributed by atoms with Crippen molar-refractivity contribution < 1.29 is 47.7 Å². The number of nitrogens with two attached hydrogens (primary N) is 1. The van der Waals surface area contributed by atoms with E-state index >= 15 is 0 Å². The number of anilines is 6. The van der Waals surface area contributed by atoms with Crippen LogP contribution in [0.4, 0.5) is 39.4 Å². The molecule has 2 aliphatic heterocycles. The number of hydrogen-bond acceptors (Lipinski definition) is 17. The molecule has 20 nitrogen and oxygen atoms in total. The summed E-state index contributed by atoms with van der Waals surface area (Å²) in [5.74, 6) is 2.51. The SMILES string of the molecule is COc1ccc(Nc2ncc3c(n2)-c2ccc(C(=O)CCCN)cc2NC(=O)C3)cc1OC.COc1ccc(Nc2ncc3c(n2)-c2ccc(C(=O)CCCNC(=O)OC(C)(C)C)cc2NC(=O)C3)cc1OC. The Hall–Kier alpha value is -8.65. The third-order valence-corrected chi connectivity index (χ3v) is 11.3. The second-order valence-corrected chi connectivity index (χ2v) is 17.8. The number of aromatic nitrogens is 4. The van der Waals surface area contributed by atoms with Gasteiger partial charge in [-0.05, 0) is 88.7 Å². The summed E-state index contributed by atoms with van der Waals surface area (Å²) < 4.78 is 26.5. The second-order valence-electron chi connectivity index (χ2n) is 17.8. The van der Waals surface area contributed by atoms with Gasteiger partial charge in [-0.15, -0.1) is 0 Å². The lowest BCUT2D eigenvalue weighted by atomic mass is 10.00. The summed E-state index contributed by atoms with van der Waals surface area (Å²) in [5, 5.41) is 14.7. The highest BCUT2D eigenvalue weighted by atomic mass is 16.6. The van der Waals surface area contributed by atoms with Gasteiger partial charge in [-0.2, -0.15) is 0 Å². The fourth-order valence-electron chi connectivity index (χ4n) is 7.84. The summed E-state index contributed by atoms with van der Waals surface area (Å²) in [6, 6.07) is 21.2. The van der Waals surface area contributed by atoms with Gasteiger partial charge in [-0.25, -0.2) is 24.7 Å². The number of ketones is 2. The molecule has 0 radical (unpaired) electrons. The van der Waals surface area contributed by atoms with Crippen LogP contribution in [-0.4, -0.2) is 96.5 Å². The van der Waals surface area contributed by atoms with Crippen LogP contribution >= 0.6 is 0 Å². The maximum Gasteiger partial charge on any atom is 0.407 e. The van der Waals surface area contributed by atoms with Crippen LogP contribution in [-0.2, 0) is 27.2 Å². The van der Waals surface area contributed by atoms with Crippen molar-refractivity contribution in [1.82, 2.24) is 25.3 Å². The van der Waals surface area contributed by atoms with Gasteiger partial charge in [-0.3, -0.25) is 19.2 Å². The predicted octanol–water partition coefficient (Wildman–Crippen LogP) is 8.21.